The van der Waals surface area contributed by atoms with Crippen LogP contribution in [0.3, 0.4) is 0 Å². The Morgan fingerprint density at radius 2 is 1.81 bits per heavy atom. The molecule has 5 heteroatoms. The molecular weight excluding hydrogens is 340 g/mol. The molecule has 0 saturated carbocycles. The topological polar surface area (TPSA) is 58.6 Å². The number of benzene rings is 2. The molecule has 1 atom stereocenters. The van der Waals surface area contributed by atoms with Crippen LogP contribution in [0.15, 0.2) is 54.6 Å². The van der Waals surface area contributed by atoms with E-state index in [1.165, 1.54) is 6.92 Å². The third kappa shape index (κ3) is 5.33. The van der Waals surface area contributed by atoms with Crippen LogP contribution in [0.5, 0.6) is 5.75 Å². The van der Waals surface area contributed by atoms with Crippen LogP contribution in [-0.2, 0) is 22.6 Å². The minimum Gasteiger partial charge on any atom is -0.489 e. The number of ether oxygens (including phenoxy) is 1. The molecule has 1 N–H and O–H groups in total. The fourth-order valence-corrected chi connectivity index (χ4v) is 3.36. The molecule has 1 aliphatic rings. The van der Waals surface area contributed by atoms with Gasteiger partial charge in [0, 0.05) is 20.0 Å². The van der Waals surface area contributed by atoms with Gasteiger partial charge in [0.1, 0.15) is 18.4 Å². The first kappa shape index (κ1) is 19.0. The average Bonchev–Trinajstić information content (AvgIpc) is 3.18. The Morgan fingerprint density at radius 1 is 1.07 bits per heavy atom. The van der Waals surface area contributed by atoms with E-state index in [1.807, 2.05) is 54.6 Å². The average molecular weight is 366 g/mol. The Hall–Kier alpha value is -2.82. The first-order valence-electron chi connectivity index (χ1n) is 9.44. The molecule has 1 unspecified atom stereocenters. The predicted octanol–water partition coefficient (Wildman–Crippen LogP) is 2.94. The quantitative estimate of drug-likeness (QED) is 0.820. The number of nitrogens with zero attached hydrogens (tertiary/aromatic N) is 1. The second-order valence-electron chi connectivity index (χ2n) is 6.83. The molecule has 1 heterocycles. The largest absolute Gasteiger partial charge is 0.489 e. The van der Waals surface area contributed by atoms with Crippen LogP contribution in [0.1, 0.15) is 30.9 Å². The summed E-state index contributed by atoms with van der Waals surface area (Å²) in [4.78, 5) is 25.5. The lowest BCUT2D eigenvalue weighted by atomic mass is 10.1. The molecule has 27 heavy (non-hydrogen) atoms. The van der Waals surface area contributed by atoms with Crippen molar-refractivity contribution in [1.82, 2.24) is 10.2 Å². The van der Waals surface area contributed by atoms with Crippen molar-refractivity contribution in [1.29, 1.82) is 0 Å². The molecule has 0 aliphatic carbocycles. The van der Waals surface area contributed by atoms with Gasteiger partial charge >= 0.3 is 0 Å². The fourth-order valence-electron chi connectivity index (χ4n) is 3.36. The van der Waals surface area contributed by atoms with E-state index in [2.05, 4.69) is 5.32 Å². The van der Waals surface area contributed by atoms with Crippen LogP contribution in [0.2, 0.25) is 0 Å². The zero-order valence-corrected chi connectivity index (χ0v) is 15.7. The summed E-state index contributed by atoms with van der Waals surface area (Å²) in [5.74, 6) is 0.749. The third-order valence-electron chi connectivity index (χ3n) is 4.84. The van der Waals surface area contributed by atoms with Crippen LogP contribution in [0.4, 0.5) is 0 Å². The van der Waals surface area contributed by atoms with Gasteiger partial charge in [0.2, 0.25) is 11.8 Å². The Balaban J connectivity index is 1.42. The highest BCUT2D eigenvalue weighted by molar-refractivity contribution is 5.87. The molecule has 0 bridgehead atoms. The minimum atomic E-state index is -0.309. The zero-order chi connectivity index (χ0) is 19.1. The van der Waals surface area contributed by atoms with Gasteiger partial charge in [-0.05, 0) is 42.5 Å². The second-order valence-corrected chi connectivity index (χ2v) is 6.83. The molecule has 2 amide bonds. The Labute approximate surface area is 160 Å². The summed E-state index contributed by atoms with van der Waals surface area (Å²) in [5, 5.41) is 2.96. The summed E-state index contributed by atoms with van der Waals surface area (Å²) >= 11 is 0. The van der Waals surface area contributed by atoms with Crippen molar-refractivity contribution in [3.63, 3.8) is 0 Å². The van der Waals surface area contributed by atoms with Gasteiger partial charge in [-0.15, -0.1) is 0 Å². The smallest absolute Gasteiger partial charge is 0.242 e. The number of rotatable bonds is 7. The van der Waals surface area contributed by atoms with E-state index in [0.29, 0.717) is 19.7 Å². The van der Waals surface area contributed by atoms with Crippen LogP contribution < -0.4 is 10.1 Å². The molecule has 5 nitrogen and oxygen atoms in total. The lowest BCUT2D eigenvalue weighted by molar-refractivity contribution is -0.136. The highest BCUT2D eigenvalue weighted by atomic mass is 16.5. The SMILES string of the molecule is CC(=O)N1CCCC1C(=O)NCCc1ccc(OCc2ccccc2)cc1. The monoisotopic (exact) mass is 366 g/mol. The maximum Gasteiger partial charge on any atom is 0.242 e. The first-order valence-corrected chi connectivity index (χ1v) is 9.44. The summed E-state index contributed by atoms with van der Waals surface area (Å²) in [6, 6.07) is 17.7. The fraction of sp³-hybridized carbons (Fsp3) is 0.364. The van der Waals surface area contributed by atoms with Crippen molar-refractivity contribution in [3.8, 4) is 5.75 Å². The van der Waals surface area contributed by atoms with Crippen molar-refractivity contribution >= 4 is 11.8 Å². The lowest BCUT2D eigenvalue weighted by Crippen LogP contribution is -2.45. The molecule has 142 valence electrons. The summed E-state index contributed by atoms with van der Waals surface area (Å²) in [6.45, 7) is 3.31. The summed E-state index contributed by atoms with van der Waals surface area (Å²) in [7, 11) is 0. The molecular formula is C22H26N2O3. The summed E-state index contributed by atoms with van der Waals surface area (Å²) in [6.07, 6.45) is 2.39. The minimum absolute atomic E-state index is 0.0289. The number of nitrogens with one attached hydrogen (secondary N) is 1. The van der Waals surface area contributed by atoms with Crippen LogP contribution in [-0.4, -0.2) is 35.8 Å². The molecule has 1 aliphatic heterocycles. The van der Waals surface area contributed by atoms with Gasteiger partial charge in [0.25, 0.3) is 0 Å². The lowest BCUT2D eigenvalue weighted by Gasteiger charge is -2.22. The maximum absolute atomic E-state index is 12.3. The van der Waals surface area contributed by atoms with Crippen LogP contribution in [0, 0.1) is 0 Å². The van der Waals surface area contributed by atoms with E-state index in [0.717, 1.165) is 36.1 Å². The molecule has 0 radical (unpaired) electrons. The normalized spacial score (nSPS) is 16.2. The van der Waals surface area contributed by atoms with Gasteiger partial charge in [-0.1, -0.05) is 42.5 Å². The standard InChI is InChI=1S/C22H26N2O3/c1-17(25)24-15-5-8-21(24)22(26)23-14-13-18-9-11-20(12-10-18)27-16-19-6-3-2-4-7-19/h2-4,6-7,9-12,21H,5,8,13-16H2,1H3,(H,23,26). The van der Waals surface area contributed by atoms with Crippen LogP contribution in [0.25, 0.3) is 0 Å². The van der Waals surface area contributed by atoms with Gasteiger partial charge in [-0.2, -0.15) is 0 Å². The Morgan fingerprint density at radius 3 is 2.52 bits per heavy atom. The number of hydrogen-bond acceptors (Lipinski definition) is 3. The van der Waals surface area contributed by atoms with Crippen LogP contribution >= 0.6 is 0 Å². The van der Waals surface area contributed by atoms with Crippen molar-refractivity contribution in [2.45, 2.75) is 38.8 Å². The molecule has 3 rings (SSSR count). The van der Waals surface area contributed by atoms with E-state index in [9.17, 15) is 9.59 Å². The van der Waals surface area contributed by atoms with Gasteiger partial charge in [-0.3, -0.25) is 9.59 Å². The van der Waals surface area contributed by atoms with E-state index >= 15 is 0 Å². The maximum atomic E-state index is 12.3. The third-order valence-corrected chi connectivity index (χ3v) is 4.84. The summed E-state index contributed by atoms with van der Waals surface area (Å²) in [5.41, 5.74) is 2.27. The van der Waals surface area contributed by atoms with Crippen molar-refractivity contribution in [3.05, 3.63) is 65.7 Å². The number of amides is 2. The van der Waals surface area contributed by atoms with Crippen molar-refractivity contribution in [2.75, 3.05) is 13.1 Å². The predicted molar refractivity (Wildman–Crippen MR) is 104 cm³/mol. The highest BCUT2D eigenvalue weighted by Gasteiger charge is 2.31. The Bertz CT molecular complexity index is 759. The number of carbonyl (C=O) groups excluding carboxylic acids is 2. The Kier molecular flexibility index (Phi) is 6.47. The number of likely N-dealkylation sites (tertiary alicyclic amines) is 1. The molecule has 2 aromatic rings. The first-order chi connectivity index (χ1) is 13.1. The van der Waals surface area contributed by atoms with Gasteiger partial charge < -0.3 is 15.0 Å². The highest BCUT2D eigenvalue weighted by Crippen LogP contribution is 2.17. The molecule has 2 aromatic carbocycles. The zero-order valence-electron chi connectivity index (χ0n) is 15.7. The van der Waals surface area contributed by atoms with E-state index in [1.54, 1.807) is 4.90 Å². The second kappa shape index (κ2) is 9.21. The van der Waals surface area contributed by atoms with Crippen molar-refractivity contribution in [2.24, 2.45) is 0 Å². The van der Waals surface area contributed by atoms with Gasteiger partial charge in [-0.25, -0.2) is 0 Å². The molecule has 0 spiro atoms. The summed E-state index contributed by atoms with van der Waals surface area (Å²) < 4.78 is 5.78. The number of carbonyl (C=O) groups is 2. The number of hydrogen-bond donors (Lipinski definition) is 1. The van der Waals surface area contributed by atoms with Crippen molar-refractivity contribution < 1.29 is 14.3 Å². The molecule has 1 saturated heterocycles. The van der Waals surface area contributed by atoms with E-state index < -0.39 is 0 Å². The van der Waals surface area contributed by atoms with E-state index in [4.69, 9.17) is 4.74 Å². The van der Waals surface area contributed by atoms with Gasteiger partial charge in [0.15, 0.2) is 0 Å². The molecule has 0 aromatic heterocycles. The van der Waals surface area contributed by atoms with Gasteiger partial charge in [0.05, 0.1) is 0 Å². The molecule has 1 fully saturated rings. The van der Waals surface area contributed by atoms with E-state index in [-0.39, 0.29) is 17.9 Å².